The maximum atomic E-state index is 12.6. The van der Waals surface area contributed by atoms with Crippen LogP contribution < -0.4 is 10.1 Å². The lowest BCUT2D eigenvalue weighted by atomic mass is 9.95. The average molecular weight is 463 g/mol. The third-order valence-electron chi connectivity index (χ3n) is 6.25. The number of carbonyl (C=O) groups is 1. The van der Waals surface area contributed by atoms with Crippen molar-refractivity contribution in [2.75, 3.05) is 7.11 Å². The van der Waals surface area contributed by atoms with E-state index in [2.05, 4.69) is 40.6 Å². The fourth-order valence-corrected chi connectivity index (χ4v) is 4.46. The number of pyridine rings is 1. The van der Waals surface area contributed by atoms with E-state index in [1.165, 1.54) is 10.8 Å². The molecule has 0 atom stereocenters. The van der Waals surface area contributed by atoms with E-state index in [1.807, 2.05) is 50.2 Å². The Hall–Kier alpha value is -4.38. The number of ether oxygens (including phenoxy) is 1. The summed E-state index contributed by atoms with van der Waals surface area (Å²) in [5, 5.41) is 6.25. The Morgan fingerprint density at radius 1 is 1.06 bits per heavy atom. The van der Waals surface area contributed by atoms with Crippen molar-refractivity contribution in [3.63, 3.8) is 0 Å². The van der Waals surface area contributed by atoms with Gasteiger partial charge in [0.15, 0.2) is 0 Å². The molecule has 3 aromatic carbocycles. The third kappa shape index (κ3) is 4.41. The Kier molecular flexibility index (Phi) is 6.06. The number of allylic oxidation sites excluding steroid dienone is 1. The summed E-state index contributed by atoms with van der Waals surface area (Å²) in [6.07, 6.45) is 5.11. The highest BCUT2D eigenvalue weighted by atomic mass is 16.5. The van der Waals surface area contributed by atoms with Gasteiger partial charge in [0.25, 0.3) is 0 Å². The predicted octanol–water partition coefficient (Wildman–Crippen LogP) is 6.68. The minimum absolute atomic E-state index is 0.185. The number of nitrogens with one attached hydrogen (secondary N) is 1. The van der Waals surface area contributed by atoms with Gasteiger partial charge in [0.2, 0.25) is 5.91 Å². The number of methoxy groups -OCH3 is 1. The van der Waals surface area contributed by atoms with Gasteiger partial charge in [-0.1, -0.05) is 42.5 Å². The van der Waals surface area contributed by atoms with Crippen LogP contribution in [0.3, 0.4) is 0 Å². The number of benzene rings is 3. The Balaban J connectivity index is 1.53. The Morgan fingerprint density at radius 3 is 2.63 bits per heavy atom. The largest absolute Gasteiger partial charge is 0.496 e. The Morgan fingerprint density at radius 2 is 1.86 bits per heavy atom. The second kappa shape index (κ2) is 9.47. The van der Waals surface area contributed by atoms with E-state index in [9.17, 15) is 4.79 Å². The summed E-state index contributed by atoms with van der Waals surface area (Å²) in [4.78, 5) is 16.9. The number of fused-ring (bicyclic) bond motifs is 2. The van der Waals surface area contributed by atoms with Crippen LogP contribution in [-0.4, -0.2) is 18.0 Å². The zero-order valence-corrected chi connectivity index (χ0v) is 20.0. The summed E-state index contributed by atoms with van der Waals surface area (Å²) in [7, 11) is 1.64. The summed E-state index contributed by atoms with van der Waals surface area (Å²) in [6.45, 7) is 4.26. The molecule has 0 spiro atoms. The van der Waals surface area contributed by atoms with Crippen LogP contribution in [0, 0.1) is 6.92 Å². The highest BCUT2D eigenvalue weighted by Crippen LogP contribution is 2.41. The maximum absolute atomic E-state index is 12.6. The zero-order chi connectivity index (χ0) is 24.4. The van der Waals surface area contributed by atoms with Gasteiger partial charge < -0.3 is 14.5 Å². The number of aryl methyl sites for hydroxylation is 1. The molecule has 0 radical (unpaired) electrons. The van der Waals surface area contributed by atoms with E-state index in [4.69, 9.17) is 9.15 Å². The molecule has 35 heavy (non-hydrogen) atoms. The lowest BCUT2D eigenvalue weighted by molar-refractivity contribution is -0.116. The van der Waals surface area contributed by atoms with Crippen LogP contribution >= 0.6 is 0 Å². The molecule has 1 amide bonds. The molecule has 0 aliphatic carbocycles. The minimum Gasteiger partial charge on any atom is -0.496 e. The van der Waals surface area contributed by atoms with Crippen molar-refractivity contribution in [2.45, 2.75) is 20.4 Å². The van der Waals surface area contributed by atoms with Crippen LogP contribution in [-0.2, 0) is 11.3 Å². The molecule has 1 N–H and O–H groups in total. The number of hydrogen-bond donors (Lipinski definition) is 1. The highest BCUT2D eigenvalue weighted by Gasteiger charge is 2.19. The lowest BCUT2D eigenvalue weighted by Crippen LogP contribution is -2.21. The van der Waals surface area contributed by atoms with Crippen molar-refractivity contribution >= 4 is 33.2 Å². The van der Waals surface area contributed by atoms with Crippen LogP contribution in [0.15, 0.2) is 89.7 Å². The fourth-order valence-electron chi connectivity index (χ4n) is 4.46. The molecule has 174 valence electrons. The highest BCUT2D eigenvalue weighted by molar-refractivity contribution is 6.02. The molecule has 5 aromatic rings. The van der Waals surface area contributed by atoms with Gasteiger partial charge in [-0.2, -0.15) is 0 Å². The third-order valence-corrected chi connectivity index (χ3v) is 6.25. The quantitative estimate of drug-likeness (QED) is 0.286. The standard InChI is InChI=1S/C30H26N2O3/c1-19(14-28(33)32-17-24-10-6-7-13-31-24)25-16-26-27(18-35-30(26)20(2)29(25)34-3)23-12-11-21-8-4-5-9-22(21)15-23/h4-16,18H,17H2,1-3H3,(H,32,33)/b19-14+. The van der Waals surface area contributed by atoms with Gasteiger partial charge in [-0.05, 0) is 60.0 Å². The fraction of sp³-hybridized carbons (Fsp3) is 0.133. The van der Waals surface area contributed by atoms with Crippen molar-refractivity contribution in [1.29, 1.82) is 0 Å². The summed E-state index contributed by atoms with van der Waals surface area (Å²) >= 11 is 0. The van der Waals surface area contributed by atoms with Crippen molar-refractivity contribution in [3.8, 4) is 16.9 Å². The van der Waals surface area contributed by atoms with E-state index in [-0.39, 0.29) is 5.91 Å². The Labute approximate surface area is 204 Å². The van der Waals surface area contributed by atoms with Gasteiger partial charge in [0, 0.05) is 34.3 Å². The molecule has 0 saturated carbocycles. The van der Waals surface area contributed by atoms with E-state index < -0.39 is 0 Å². The number of hydrogen-bond acceptors (Lipinski definition) is 4. The van der Waals surface area contributed by atoms with E-state index >= 15 is 0 Å². The normalized spacial score (nSPS) is 11.7. The van der Waals surface area contributed by atoms with Crippen LogP contribution in [0.5, 0.6) is 5.75 Å². The van der Waals surface area contributed by atoms with Crippen molar-refractivity contribution in [1.82, 2.24) is 10.3 Å². The second-order valence-corrected chi connectivity index (χ2v) is 8.54. The molecule has 0 saturated heterocycles. The van der Waals surface area contributed by atoms with Gasteiger partial charge in [-0.15, -0.1) is 0 Å². The smallest absolute Gasteiger partial charge is 0.244 e. The van der Waals surface area contributed by atoms with Gasteiger partial charge >= 0.3 is 0 Å². The molecule has 2 aromatic heterocycles. The van der Waals surface area contributed by atoms with Crippen LogP contribution in [0.2, 0.25) is 0 Å². The van der Waals surface area contributed by atoms with E-state index in [0.717, 1.165) is 44.5 Å². The number of furan rings is 1. The molecule has 0 fully saturated rings. The number of amides is 1. The molecule has 0 unspecified atom stereocenters. The van der Waals surface area contributed by atoms with Gasteiger partial charge in [-0.3, -0.25) is 9.78 Å². The molecular formula is C30H26N2O3. The van der Waals surface area contributed by atoms with Crippen LogP contribution in [0.1, 0.15) is 23.7 Å². The second-order valence-electron chi connectivity index (χ2n) is 8.54. The summed E-state index contributed by atoms with van der Waals surface area (Å²) < 4.78 is 11.8. The van der Waals surface area contributed by atoms with Crippen LogP contribution in [0.4, 0.5) is 0 Å². The summed E-state index contributed by atoms with van der Waals surface area (Å²) in [5.74, 6) is 0.512. The monoisotopic (exact) mass is 462 g/mol. The van der Waals surface area contributed by atoms with Crippen LogP contribution in [0.25, 0.3) is 38.4 Å². The predicted molar refractivity (Wildman–Crippen MR) is 140 cm³/mol. The summed E-state index contributed by atoms with van der Waals surface area (Å²) in [5.41, 5.74) is 6.22. The van der Waals surface area contributed by atoms with E-state index in [0.29, 0.717) is 12.3 Å². The zero-order valence-electron chi connectivity index (χ0n) is 20.0. The minimum atomic E-state index is -0.185. The van der Waals surface area contributed by atoms with E-state index in [1.54, 1.807) is 25.6 Å². The molecular weight excluding hydrogens is 436 g/mol. The van der Waals surface area contributed by atoms with Crippen molar-refractivity contribution in [2.24, 2.45) is 0 Å². The van der Waals surface area contributed by atoms with Gasteiger partial charge in [-0.25, -0.2) is 0 Å². The molecule has 5 heteroatoms. The lowest BCUT2D eigenvalue weighted by Gasteiger charge is -2.13. The molecule has 0 bridgehead atoms. The topological polar surface area (TPSA) is 64.4 Å². The SMILES string of the molecule is COc1c(/C(C)=C/C(=O)NCc2ccccn2)cc2c(-c3ccc4ccccc4c3)coc2c1C. The first-order valence-electron chi connectivity index (χ1n) is 11.5. The van der Waals surface area contributed by atoms with Gasteiger partial charge in [0.05, 0.1) is 25.6 Å². The first-order chi connectivity index (χ1) is 17.0. The van der Waals surface area contributed by atoms with Gasteiger partial charge in [0.1, 0.15) is 11.3 Å². The number of aromatic nitrogens is 1. The molecule has 5 nitrogen and oxygen atoms in total. The molecule has 0 aliphatic rings. The van der Waals surface area contributed by atoms with Crippen molar-refractivity contribution < 1.29 is 13.9 Å². The first kappa shape index (κ1) is 22.4. The molecule has 0 aliphatic heterocycles. The Bertz CT molecular complexity index is 1570. The molecule has 5 rings (SSSR count). The molecule has 2 heterocycles. The average Bonchev–Trinajstić information content (AvgIpc) is 3.32. The number of rotatable bonds is 6. The first-order valence-corrected chi connectivity index (χ1v) is 11.5. The maximum Gasteiger partial charge on any atom is 0.244 e. The summed E-state index contributed by atoms with van der Waals surface area (Å²) in [6, 6.07) is 22.4. The number of nitrogens with zero attached hydrogens (tertiary/aromatic N) is 1. The van der Waals surface area contributed by atoms with Crippen molar-refractivity contribution in [3.05, 3.63) is 102 Å². The number of carbonyl (C=O) groups excluding carboxylic acids is 1.